The summed E-state index contributed by atoms with van der Waals surface area (Å²) in [5.41, 5.74) is 0. The van der Waals surface area contributed by atoms with Gasteiger partial charge in [0.1, 0.15) is 0 Å². The predicted octanol–water partition coefficient (Wildman–Crippen LogP) is -3.16. The van der Waals surface area contributed by atoms with Gasteiger partial charge in [-0.1, -0.05) is 0 Å². The van der Waals surface area contributed by atoms with Gasteiger partial charge >= 0.3 is 17.9 Å². The normalized spacial score (nSPS) is 34.0. The molecule has 0 aromatic rings. The maximum absolute atomic E-state index is 10.9. The van der Waals surface area contributed by atoms with E-state index in [1.807, 2.05) is 0 Å². The van der Waals surface area contributed by atoms with Gasteiger partial charge in [-0.3, -0.25) is 4.79 Å². The molecule has 15 heavy (non-hydrogen) atoms. The minimum atomic E-state index is -2.96. The lowest BCUT2D eigenvalue weighted by molar-refractivity contribution is -0.361. The molecule has 1 aliphatic heterocycles. The maximum Gasteiger partial charge on any atom is 0.403 e. The summed E-state index contributed by atoms with van der Waals surface area (Å²) in [5.74, 6) is -5.42. The highest BCUT2D eigenvalue weighted by molar-refractivity contribution is 5.83. The van der Waals surface area contributed by atoms with Gasteiger partial charge in [-0.25, -0.2) is 4.79 Å². The third-order valence-corrected chi connectivity index (χ3v) is 1.73. The third-order valence-electron chi connectivity index (χ3n) is 1.73. The van der Waals surface area contributed by atoms with Crippen LogP contribution in [0.4, 0.5) is 0 Å². The Morgan fingerprint density at radius 2 is 2.07 bits per heavy atom. The highest BCUT2D eigenvalue weighted by Gasteiger charge is 2.48. The summed E-state index contributed by atoms with van der Waals surface area (Å²) in [6.07, 6.45) is -4.47. The SMILES string of the molecule is O=C1CC(O)C(=O)OC(O)(C(O)CO)O1. The van der Waals surface area contributed by atoms with Gasteiger partial charge in [0.15, 0.2) is 12.2 Å². The van der Waals surface area contributed by atoms with E-state index >= 15 is 0 Å². The lowest BCUT2D eigenvalue weighted by Crippen LogP contribution is -2.50. The van der Waals surface area contributed by atoms with Crippen LogP contribution in [0.5, 0.6) is 0 Å². The lowest BCUT2D eigenvalue weighted by atomic mass is 10.3. The van der Waals surface area contributed by atoms with Gasteiger partial charge in [-0.2, -0.15) is 0 Å². The van der Waals surface area contributed by atoms with E-state index in [0.717, 1.165) is 0 Å². The van der Waals surface area contributed by atoms with E-state index in [0.29, 0.717) is 0 Å². The average Bonchev–Trinajstić information content (AvgIpc) is 2.23. The molecule has 1 aliphatic rings. The van der Waals surface area contributed by atoms with Crippen molar-refractivity contribution >= 4 is 11.9 Å². The van der Waals surface area contributed by atoms with Crippen LogP contribution in [-0.2, 0) is 19.1 Å². The lowest BCUT2D eigenvalue weighted by Gasteiger charge is -2.27. The van der Waals surface area contributed by atoms with Crippen LogP contribution in [0.25, 0.3) is 0 Å². The first kappa shape index (κ1) is 11.9. The van der Waals surface area contributed by atoms with Gasteiger partial charge in [0, 0.05) is 0 Å². The van der Waals surface area contributed by atoms with Crippen molar-refractivity contribution in [1.29, 1.82) is 0 Å². The van der Waals surface area contributed by atoms with Gasteiger partial charge in [-0.05, 0) is 0 Å². The number of hydrogen-bond acceptors (Lipinski definition) is 8. The molecule has 3 atom stereocenters. The Morgan fingerprint density at radius 1 is 1.47 bits per heavy atom. The molecule has 1 saturated heterocycles. The van der Waals surface area contributed by atoms with Crippen molar-refractivity contribution in [1.82, 2.24) is 0 Å². The summed E-state index contributed by atoms with van der Waals surface area (Å²) in [5, 5.41) is 35.9. The number of cyclic esters (lactones) is 2. The Balaban J connectivity index is 2.90. The molecule has 1 rings (SSSR count). The van der Waals surface area contributed by atoms with Crippen molar-refractivity contribution in [2.45, 2.75) is 24.6 Å². The van der Waals surface area contributed by atoms with Gasteiger partial charge in [0.25, 0.3) is 0 Å². The minimum absolute atomic E-state index is 0.695. The highest BCUT2D eigenvalue weighted by Crippen LogP contribution is 2.21. The number of ether oxygens (including phenoxy) is 2. The van der Waals surface area contributed by atoms with Crippen molar-refractivity contribution < 1.29 is 39.5 Å². The molecule has 0 radical (unpaired) electrons. The van der Waals surface area contributed by atoms with E-state index in [4.69, 9.17) is 15.3 Å². The van der Waals surface area contributed by atoms with Crippen molar-refractivity contribution in [3.63, 3.8) is 0 Å². The summed E-state index contributed by atoms with van der Waals surface area (Å²) in [6, 6.07) is 0. The van der Waals surface area contributed by atoms with Crippen LogP contribution in [0.15, 0.2) is 0 Å². The van der Waals surface area contributed by atoms with Crippen molar-refractivity contribution in [2.24, 2.45) is 0 Å². The fourth-order valence-corrected chi connectivity index (χ4v) is 0.930. The van der Waals surface area contributed by atoms with Gasteiger partial charge in [0.2, 0.25) is 0 Å². The standard InChI is InChI=1S/C7H10O8/c8-2-4(10)7(13)14-5(11)1-3(9)6(12)15-7/h3-4,8-10,13H,1-2H2. The number of rotatable bonds is 2. The highest BCUT2D eigenvalue weighted by atomic mass is 16.9. The summed E-state index contributed by atoms with van der Waals surface area (Å²) < 4.78 is 8.34. The van der Waals surface area contributed by atoms with Crippen LogP contribution in [0.1, 0.15) is 6.42 Å². The number of hydrogen-bond donors (Lipinski definition) is 4. The zero-order valence-electron chi connectivity index (χ0n) is 7.49. The van der Waals surface area contributed by atoms with E-state index < -0.39 is 43.1 Å². The summed E-state index contributed by atoms with van der Waals surface area (Å²) in [4.78, 5) is 21.8. The molecule has 0 spiro atoms. The van der Waals surface area contributed by atoms with Crippen molar-refractivity contribution in [3.05, 3.63) is 0 Å². The van der Waals surface area contributed by atoms with Crippen LogP contribution in [-0.4, -0.2) is 57.2 Å². The molecule has 1 heterocycles. The molecule has 8 nitrogen and oxygen atoms in total. The molecular formula is C7H10O8. The first-order chi connectivity index (χ1) is 6.89. The summed E-state index contributed by atoms with van der Waals surface area (Å²) in [7, 11) is 0. The summed E-state index contributed by atoms with van der Waals surface area (Å²) in [6.45, 7) is -0.993. The van der Waals surface area contributed by atoms with Crippen LogP contribution < -0.4 is 0 Å². The molecule has 0 amide bonds. The van der Waals surface area contributed by atoms with Crippen LogP contribution in [0.3, 0.4) is 0 Å². The first-order valence-electron chi connectivity index (χ1n) is 4.03. The monoisotopic (exact) mass is 222 g/mol. The Bertz CT molecular complexity index is 276. The molecule has 4 N–H and O–H groups in total. The first-order valence-corrected chi connectivity index (χ1v) is 4.03. The Kier molecular flexibility index (Phi) is 3.25. The second kappa shape index (κ2) is 4.11. The quantitative estimate of drug-likeness (QED) is 0.360. The number of aliphatic hydroxyl groups is 4. The minimum Gasteiger partial charge on any atom is -0.396 e. The number of carbonyl (C=O) groups is 2. The van der Waals surface area contributed by atoms with Crippen LogP contribution in [0, 0.1) is 0 Å². The van der Waals surface area contributed by atoms with E-state index in [1.165, 1.54) is 0 Å². The van der Waals surface area contributed by atoms with E-state index in [9.17, 15) is 14.7 Å². The van der Waals surface area contributed by atoms with E-state index in [1.54, 1.807) is 0 Å². The van der Waals surface area contributed by atoms with Gasteiger partial charge < -0.3 is 29.9 Å². The van der Waals surface area contributed by atoms with Crippen molar-refractivity contribution in [2.75, 3.05) is 6.61 Å². The molecule has 3 unspecified atom stereocenters. The fraction of sp³-hybridized carbons (Fsp3) is 0.714. The predicted molar refractivity (Wildman–Crippen MR) is 40.9 cm³/mol. The molecule has 0 aromatic carbocycles. The van der Waals surface area contributed by atoms with Crippen LogP contribution in [0.2, 0.25) is 0 Å². The number of esters is 2. The number of carbonyl (C=O) groups excluding carboxylic acids is 2. The van der Waals surface area contributed by atoms with E-state index in [2.05, 4.69) is 9.47 Å². The molecule has 8 heteroatoms. The Morgan fingerprint density at radius 3 is 2.60 bits per heavy atom. The summed E-state index contributed by atoms with van der Waals surface area (Å²) >= 11 is 0. The molecular weight excluding hydrogens is 212 g/mol. The van der Waals surface area contributed by atoms with E-state index in [-0.39, 0.29) is 0 Å². The zero-order valence-corrected chi connectivity index (χ0v) is 7.49. The van der Waals surface area contributed by atoms with Gasteiger partial charge in [-0.15, -0.1) is 0 Å². The molecule has 0 aromatic heterocycles. The smallest absolute Gasteiger partial charge is 0.396 e. The Hall–Kier alpha value is -1.22. The maximum atomic E-state index is 10.9. The van der Waals surface area contributed by atoms with Crippen molar-refractivity contribution in [3.8, 4) is 0 Å². The van der Waals surface area contributed by atoms with Crippen LogP contribution >= 0.6 is 0 Å². The van der Waals surface area contributed by atoms with Gasteiger partial charge in [0.05, 0.1) is 13.0 Å². The second-order valence-electron chi connectivity index (χ2n) is 2.94. The topological polar surface area (TPSA) is 134 Å². The Labute approximate surface area is 83.7 Å². The largest absolute Gasteiger partial charge is 0.403 e. The zero-order chi connectivity index (χ0) is 11.6. The molecule has 86 valence electrons. The second-order valence-corrected chi connectivity index (χ2v) is 2.94. The molecule has 0 aliphatic carbocycles. The number of aliphatic hydroxyl groups excluding tert-OH is 3. The average molecular weight is 222 g/mol. The third kappa shape index (κ3) is 2.42. The molecule has 0 bridgehead atoms. The molecule has 1 fully saturated rings. The molecule has 0 saturated carbocycles. The fourth-order valence-electron chi connectivity index (χ4n) is 0.930.